The SMILES string of the molecule is COCCNc1ccc(N2C[C@H](CNC(=O)c3ccc(Cl)s3)OC2=O)cc1F. The molecule has 0 aliphatic carbocycles. The van der Waals surface area contributed by atoms with Crippen LogP contribution in [0, 0.1) is 5.82 Å². The van der Waals surface area contributed by atoms with Crippen molar-refractivity contribution in [1.29, 1.82) is 0 Å². The van der Waals surface area contributed by atoms with Gasteiger partial charge in [0.25, 0.3) is 5.91 Å². The maximum atomic E-state index is 14.2. The van der Waals surface area contributed by atoms with Gasteiger partial charge in [0.15, 0.2) is 0 Å². The molecular formula is C18H19ClFN3O4S. The first-order valence-corrected chi connectivity index (χ1v) is 9.71. The summed E-state index contributed by atoms with van der Waals surface area (Å²) in [5.41, 5.74) is 0.713. The van der Waals surface area contributed by atoms with Crippen LogP contribution in [0.1, 0.15) is 9.67 Å². The van der Waals surface area contributed by atoms with Gasteiger partial charge in [0.05, 0.1) is 40.3 Å². The molecular weight excluding hydrogens is 409 g/mol. The van der Waals surface area contributed by atoms with Crippen LogP contribution in [0.25, 0.3) is 0 Å². The van der Waals surface area contributed by atoms with Gasteiger partial charge in [0, 0.05) is 13.7 Å². The molecule has 0 radical (unpaired) electrons. The molecule has 1 fully saturated rings. The molecule has 0 bridgehead atoms. The number of anilines is 2. The number of benzene rings is 1. The zero-order valence-electron chi connectivity index (χ0n) is 15.0. The van der Waals surface area contributed by atoms with Crippen molar-refractivity contribution >= 4 is 46.3 Å². The lowest BCUT2D eigenvalue weighted by Gasteiger charge is -2.15. The van der Waals surface area contributed by atoms with Gasteiger partial charge >= 0.3 is 6.09 Å². The number of halogens is 2. The molecule has 0 spiro atoms. The normalized spacial score (nSPS) is 16.2. The Morgan fingerprint density at radius 2 is 2.25 bits per heavy atom. The van der Waals surface area contributed by atoms with E-state index in [2.05, 4.69) is 10.6 Å². The van der Waals surface area contributed by atoms with E-state index in [9.17, 15) is 14.0 Å². The van der Waals surface area contributed by atoms with Crippen LogP contribution in [0.15, 0.2) is 30.3 Å². The quantitative estimate of drug-likeness (QED) is 0.631. The van der Waals surface area contributed by atoms with E-state index >= 15 is 0 Å². The van der Waals surface area contributed by atoms with Crippen molar-refractivity contribution in [2.45, 2.75) is 6.10 Å². The van der Waals surface area contributed by atoms with Crippen molar-refractivity contribution < 1.29 is 23.5 Å². The number of amides is 2. The molecule has 1 atom stereocenters. The highest BCUT2D eigenvalue weighted by molar-refractivity contribution is 7.17. The minimum absolute atomic E-state index is 0.149. The monoisotopic (exact) mass is 427 g/mol. The zero-order valence-corrected chi connectivity index (χ0v) is 16.6. The Morgan fingerprint density at radius 1 is 1.43 bits per heavy atom. The number of cyclic esters (lactones) is 1. The summed E-state index contributed by atoms with van der Waals surface area (Å²) in [6, 6.07) is 7.73. The number of nitrogens with zero attached hydrogens (tertiary/aromatic N) is 1. The second-order valence-corrected chi connectivity index (χ2v) is 7.73. The topological polar surface area (TPSA) is 79.9 Å². The highest BCUT2D eigenvalue weighted by Gasteiger charge is 2.33. The summed E-state index contributed by atoms with van der Waals surface area (Å²) in [5.74, 6) is -0.767. The highest BCUT2D eigenvalue weighted by Crippen LogP contribution is 2.26. The first-order chi connectivity index (χ1) is 13.5. The first-order valence-electron chi connectivity index (χ1n) is 8.52. The molecule has 7 nitrogen and oxygen atoms in total. The van der Waals surface area contributed by atoms with Gasteiger partial charge in [-0.25, -0.2) is 9.18 Å². The van der Waals surface area contributed by atoms with Crippen LogP contribution in [0.5, 0.6) is 0 Å². The fraction of sp³-hybridized carbons (Fsp3) is 0.333. The van der Waals surface area contributed by atoms with Crippen molar-refractivity contribution in [2.24, 2.45) is 0 Å². The summed E-state index contributed by atoms with van der Waals surface area (Å²) < 4.78 is 24.9. The predicted molar refractivity (Wildman–Crippen MR) is 106 cm³/mol. The fourth-order valence-electron chi connectivity index (χ4n) is 2.67. The molecule has 2 amide bonds. The number of nitrogens with one attached hydrogen (secondary N) is 2. The number of carbonyl (C=O) groups excluding carboxylic acids is 2. The van der Waals surface area contributed by atoms with E-state index in [-0.39, 0.29) is 19.0 Å². The Bertz CT molecular complexity index is 863. The van der Waals surface area contributed by atoms with E-state index in [0.717, 1.165) is 0 Å². The standard InChI is InChI=1S/C18H19ClFN3O4S/c1-26-7-6-21-14-3-2-11(8-13(14)20)23-10-12(27-18(23)25)9-22-17(24)15-4-5-16(19)28-15/h2-5,8,12,21H,6-7,9-10H2,1H3,(H,22,24)/t12-/m0/s1. The second-order valence-electron chi connectivity index (χ2n) is 6.01. The molecule has 1 aromatic carbocycles. The smallest absolute Gasteiger partial charge is 0.414 e. The van der Waals surface area contributed by atoms with E-state index in [1.807, 2.05) is 0 Å². The van der Waals surface area contributed by atoms with Gasteiger partial charge in [-0.05, 0) is 30.3 Å². The molecule has 0 saturated carbocycles. The number of hydrogen-bond donors (Lipinski definition) is 2. The second kappa shape index (κ2) is 9.22. The summed E-state index contributed by atoms with van der Waals surface area (Å²) in [6.07, 6.45) is -1.12. The van der Waals surface area contributed by atoms with E-state index in [4.69, 9.17) is 21.1 Å². The van der Waals surface area contributed by atoms with Gasteiger partial charge in [-0.3, -0.25) is 9.69 Å². The van der Waals surface area contributed by atoms with E-state index in [1.165, 1.54) is 22.3 Å². The fourth-order valence-corrected chi connectivity index (χ4v) is 3.63. The summed E-state index contributed by atoms with van der Waals surface area (Å²) in [5, 5.41) is 5.62. The predicted octanol–water partition coefficient (Wildman–Crippen LogP) is 3.35. The summed E-state index contributed by atoms with van der Waals surface area (Å²) in [4.78, 5) is 26.0. The number of ether oxygens (including phenoxy) is 2. The van der Waals surface area contributed by atoms with Crippen molar-refractivity contribution in [3.8, 4) is 0 Å². The van der Waals surface area contributed by atoms with Gasteiger partial charge in [-0.15, -0.1) is 11.3 Å². The van der Waals surface area contributed by atoms with Crippen LogP contribution in [0.3, 0.4) is 0 Å². The molecule has 150 valence electrons. The molecule has 1 aliphatic rings. The number of rotatable bonds is 8. The highest BCUT2D eigenvalue weighted by atomic mass is 35.5. The molecule has 3 rings (SSSR count). The van der Waals surface area contributed by atoms with Crippen molar-refractivity contribution in [3.05, 3.63) is 45.4 Å². The number of thiophene rings is 1. The van der Waals surface area contributed by atoms with E-state index < -0.39 is 18.0 Å². The average Bonchev–Trinajstić information content (AvgIpc) is 3.27. The Morgan fingerprint density at radius 3 is 2.93 bits per heavy atom. The zero-order chi connectivity index (χ0) is 20.1. The van der Waals surface area contributed by atoms with Gasteiger partial charge in [0.1, 0.15) is 11.9 Å². The third-order valence-electron chi connectivity index (χ3n) is 4.05. The molecule has 1 aromatic heterocycles. The maximum Gasteiger partial charge on any atom is 0.414 e. The molecule has 10 heteroatoms. The molecule has 2 aromatic rings. The molecule has 2 N–H and O–H groups in total. The Labute approximate surface area is 170 Å². The van der Waals surface area contributed by atoms with Gasteiger partial charge in [-0.1, -0.05) is 11.6 Å². The van der Waals surface area contributed by atoms with Crippen molar-refractivity contribution in [2.75, 3.05) is 43.6 Å². The molecule has 1 aliphatic heterocycles. The third kappa shape index (κ3) is 4.92. The van der Waals surface area contributed by atoms with Crippen LogP contribution in [-0.2, 0) is 9.47 Å². The first kappa shape index (κ1) is 20.4. The maximum absolute atomic E-state index is 14.2. The van der Waals surface area contributed by atoms with Crippen LogP contribution in [0.2, 0.25) is 4.34 Å². The summed E-state index contributed by atoms with van der Waals surface area (Å²) in [7, 11) is 1.56. The lowest BCUT2D eigenvalue weighted by atomic mass is 10.2. The Balaban J connectivity index is 1.56. The van der Waals surface area contributed by atoms with Crippen molar-refractivity contribution in [3.63, 3.8) is 0 Å². The minimum atomic E-state index is -0.585. The van der Waals surface area contributed by atoms with Gasteiger partial charge in [-0.2, -0.15) is 0 Å². The summed E-state index contributed by atoms with van der Waals surface area (Å²) in [6.45, 7) is 1.27. The van der Waals surface area contributed by atoms with Crippen LogP contribution in [-0.4, -0.2) is 51.5 Å². The lowest BCUT2D eigenvalue weighted by molar-refractivity contribution is 0.0920. The molecule has 28 heavy (non-hydrogen) atoms. The van der Waals surface area contributed by atoms with E-state index in [0.29, 0.717) is 33.7 Å². The Hall–Kier alpha value is -2.36. The van der Waals surface area contributed by atoms with Crippen LogP contribution < -0.4 is 15.5 Å². The number of hydrogen-bond acceptors (Lipinski definition) is 6. The number of methoxy groups -OCH3 is 1. The van der Waals surface area contributed by atoms with Crippen LogP contribution in [0.4, 0.5) is 20.6 Å². The molecule has 1 saturated heterocycles. The van der Waals surface area contributed by atoms with Crippen LogP contribution >= 0.6 is 22.9 Å². The molecule has 2 heterocycles. The third-order valence-corrected chi connectivity index (χ3v) is 5.28. The largest absolute Gasteiger partial charge is 0.442 e. The molecule has 0 unspecified atom stereocenters. The Kier molecular flexibility index (Phi) is 6.71. The van der Waals surface area contributed by atoms with E-state index in [1.54, 1.807) is 31.4 Å². The minimum Gasteiger partial charge on any atom is -0.442 e. The van der Waals surface area contributed by atoms with Crippen molar-refractivity contribution in [1.82, 2.24) is 5.32 Å². The van der Waals surface area contributed by atoms with Gasteiger partial charge < -0.3 is 20.1 Å². The van der Waals surface area contributed by atoms with Gasteiger partial charge in [0.2, 0.25) is 0 Å². The lowest BCUT2D eigenvalue weighted by Crippen LogP contribution is -2.34. The summed E-state index contributed by atoms with van der Waals surface area (Å²) >= 11 is 6.98. The average molecular weight is 428 g/mol. The number of carbonyl (C=O) groups is 2.